The molecular weight excluding hydrogens is 313 g/mol. The number of thioether (sulfide) groups is 1. The number of halogens is 3. The van der Waals surface area contributed by atoms with Gasteiger partial charge >= 0.3 is 0 Å². The summed E-state index contributed by atoms with van der Waals surface area (Å²) < 4.78 is 37.3. The summed E-state index contributed by atoms with van der Waals surface area (Å²) in [5.74, 6) is -3.19. The van der Waals surface area contributed by atoms with Crippen LogP contribution >= 0.6 is 11.8 Å². The Hall–Kier alpha value is -2.15. The van der Waals surface area contributed by atoms with Gasteiger partial charge in [-0.2, -0.15) is 8.78 Å². The quantitative estimate of drug-likeness (QED) is 0.782. The van der Waals surface area contributed by atoms with E-state index in [-0.39, 0.29) is 12.5 Å². The molecular formula is C15H13F3N2OS. The van der Waals surface area contributed by atoms with Gasteiger partial charge in [0.1, 0.15) is 5.82 Å². The molecule has 0 saturated heterocycles. The molecule has 0 spiro atoms. The molecule has 7 heteroatoms. The van der Waals surface area contributed by atoms with Crippen LogP contribution < -0.4 is 10.6 Å². The predicted molar refractivity (Wildman–Crippen MR) is 81.8 cm³/mol. The second kappa shape index (κ2) is 7.74. The zero-order valence-electron chi connectivity index (χ0n) is 11.4. The molecule has 0 fully saturated rings. The first-order valence-corrected chi connectivity index (χ1v) is 7.25. The number of anilines is 2. The monoisotopic (exact) mass is 326 g/mol. The van der Waals surface area contributed by atoms with E-state index in [9.17, 15) is 18.0 Å². The highest BCUT2D eigenvalue weighted by Gasteiger charge is 2.06. The molecule has 1 amide bonds. The minimum atomic E-state index is -2.48. The van der Waals surface area contributed by atoms with Gasteiger partial charge in [0.15, 0.2) is 0 Å². The highest BCUT2D eigenvalue weighted by Crippen LogP contribution is 2.26. The third-order valence-electron chi connectivity index (χ3n) is 2.64. The lowest BCUT2D eigenvalue weighted by Crippen LogP contribution is -2.21. The molecule has 2 aromatic carbocycles. The zero-order valence-corrected chi connectivity index (χ0v) is 12.2. The maximum absolute atomic E-state index is 13.0. The van der Waals surface area contributed by atoms with Crippen molar-refractivity contribution < 1.29 is 18.0 Å². The minimum Gasteiger partial charge on any atom is -0.376 e. The lowest BCUT2D eigenvalue weighted by atomic mass is 10.3. The summed E-state index contributed by atoms with van der Waals surface area (Å²) in [6.07, 6.45) is 0. The number of benzene rings is 2. The van der Waals surface area contributed by atoms with Crippen LogP contribution in [0.3, 0.4) is 0 Å². The Morgan fingerprint density at radius 3 is 2.45 bits per heavy atom. The third-order valence-corrected chi connectivity index (χ3v) is 3.36. The molecule has 0 atom stereocenters. The first kappa shape index (κ1) is 16.2. The maximum atomic E-state index is 13.0. The van der Waals surface area contributed by atoms with Crippen LogP contribution in [0.1, 0.15) is 0 Å². The number of amides is 1. The average molecular weight is 326 g/mol. The Morgan fingerprint density at radius 1 is 1.09 bits per heavy atom. The van der Waals surface area contributed by atoms with E-state index in [1.165, 1.54) is 30.3 Å². The van der Waals surface area contributed by atoms with Crippen molar-refractivity contribution in [3.63, 3.8) is 0 Å². The lowest BCUT2D eigenvalue weighted by Gasteiger charge is -2.08. The van der Waals surface area contributed by atoms with Gasteiger partial charge in [0.2, 0.25) is 5.91 Å². The van der Waals surface area contributed by atoms with E-state index < -0.39 is 11.6 Å². The van der Waals surface area contributed by atoms with Crippen LogP contribution in [-0.2, 0) is 4.79 Å². The number of carbonyl (C=O) groups is 1. The smallest absolute Gasteiger partial charge is 0.288 e. The van der Waals surface area contributed by atoms with Crippen LogP contribution in [0.4, 0.5) is 24.5 Å². The van der Waals surface area contributed by atoms with Gasteiger partial charge in [-0.05, 0) is 42.5 Å². The first-order chi connectivity index (χ1) is 10.5. The Kier molecular flexibility index (Phi) is 5.71. The maximum Gasteiger partial charge on any atom is 0.288 e. The fourth-order valence-electron chi connectivity index (χ4n) is 1.71. The number of alkyl halides is 2. The highest BCUT2D eigenvalue weighted by atomic mass is 32.2. The van der Waals surface area contributed by atoms with E-state index in [0.29, 0.717) is 28.0 Å². The second-order valence-electron chi connectivity index (χ2n) is 4.31. The van der Waals surface area contributed by atoms with Crippen molar-refractivity contribution in [3.8, 4) is 0 Å². The van der Waals surface area contributed by atoms with Gasteiger partial charge in [-0.3, -0.25) is 4.79 Å². The van der Waals surface area contributed by atoms with Gasteiger partial charge < -0.3 is 10.6 Å². The van der Waals surface area contributed by atoms with Gasteiger partial charge in [-0.15, -0.1) is 0 Å². The Morgan fingerprint density at radius 2 is 1.82 bits per heavy atom. The summed E-state index contributed by atoms with van der Waals surface area (Å²) in [7, 11) is 0. The summed E-state index contributed by atoms with van der Waals surface area (Å²) in [5.41, 5.74) is 1.00. The largest absolute Gasteiger partial charge is 0.376 e. The van der Waals surface area contributed by atoms with E-state index >= 15 is 0 Å². The van der Waals surface area contributed by atoms with E-state index in [2.05, 4.69) is 10.6 Å². The topological polar surface area (TPSA) is 41.1 Å². The standard InChI is InChI=1S/C15H13F3N2OS/c16-10-2-1-3-12(8-10)19-9-14(21)20-11-4-6-13(7-5-11)22-15(17)18/h1-8,15,19H,9H2,(H,20,21). The molecule has 116 valence electrons. The van der Waals surface area contributed by atoms with E-state index in [0.717, 1.165) is 0 Å². The van der Waals surface area contributed by atoms with Crippen LogP contribution in [-0.4, -0.2) is 18.2 Å². The molecule has 2 N–H and O–H groups in total. The molecule has 2 aromatic rings. The summed E-state index contributed by atoms with van der Waals surface area (Å²) in [6, 6.07) is 11.9. The van der Waals surface area contributed by atoms with E-state index in [1.807, 2.05) is 0 Å². The van der Waals surface area contributed by atoms with Crippen LogP contribution in [0.5, 0.6) is 0 Å². The molecule has 3 nitrogen and oxygen atoms in total. The van der Waals surface area contributed by atoms with Gasteiger partial charge in [-0.25, -0.2) is 4.39 Å². The van der Waals surface area contributed by atoms with Crippen LogP contribution in [0, 0.1) is 5.82 Å². The Labute approximate surface area is 129 Å². The molecule has 0 saturated carbocycles. The van der Waals surface area contributed by atoms with E-state index in [4.69, 9.17) is 0 Å². The van der Waals surface area contributed by atoms with Gasteiger partial charge in [0.05, 0.1) is 6.54 Å². The van der Waals surface area contributed by atoms with E-state index in [1.54, 1.807) is 18.2 Å². The molecule has 0 aliphatic heterocycles. The van der Waals surface area contributed by atoms with Crippen molar-refractivity contribution in [2.24, 2.45) is 0 Å². The van der Waals surface area contributed by atoms with Crippen LogP contribution in [0.2, 0.25) is 0 Å². The molecule has 0 aliphatic carbocycles. The third kappa shape index (κ3) is 5.33. The number of rotatable bonds is 6. The van der Waals surface area contributed by atoms with Crippen LogP contribution in [0.25, 0.3) is 0 Å². The number of hydrogen-bond acceptors (Lipinski definition) is 3. The van der Waals surface area contributed by atoms with Crippen LogP contribution in [0.15, 0.2) is 53.4 Å². The molecule has 0 heterocycles. The van der Waals surface area contributed by atoms with Gasteiger partial charge in [-0.1, -0.05) is 17.8 Å². The second-order valence-corrected chi connectivity index (χ2v) is 5.38. The molecule has 0 unspecified atom stereocenters. The highest BCUT2D eigenvalue weighted by molar-refractivity contribution is 7.99. The number of carbonyl (C=O) groups excluding carboxylic acids is 1. The van der Waals surface area contributed by atoms with Crippen molar-refractivity contribution in [1.82, 2.24) is 0 Å². The number of nitrogens with one attached hydrogen (secondary N) is 2. The van der Waals surface area contributed by atoms with Crippen molar-refractivity contribution in [2.75, 3.05) is 17.2 Å². The molecule has 0 aromatic heterocycles. The van der Waals surface area contributed by atoms with Crippen molar-refractivity contribution in [2.45, 2.75) is 10.7 Å². The zero-order chi connectivity index (χ0) is 15.9. The SMILES string of the molecule is O=C(CNc1cccc(F)c1)Nc1ccc(SC(F)F)cc1. The lowest BCUT2D eigenvalue weighted by molar-refractivity contribution is -0.114. The average Bonchev–Trinajstić information content (AvgIpc) is 2.47. The molecule has 0 radical (unpaired) electrons. The molecule has 2 rings (SSSR count). The minimum absolute atomic E-state index is 0.0308. The summed E-state index contributed by atoms with van der Waals surface area (Å²) >= 11 is 0.441. The predicted octanol–water partition coefficient (Wildman–Crippen LogP) is 4.19. The van der Waals surface area contributed by atoms with Crippen molar-refractivity contribution in [3.05, 3.63) is 54.3 Å². The molecule has 22 heavy (non-hydrogen) atoms. The summed E-state index contributed by atoms with van der Waals surface area (Å²) in [5, 5.41) is 5.40. The molecule has 0 aliphatic rings. The normalized spacial score (nSPS) is 10.5. The summed E-state index contributed by atoms with van der Waals surface area (Å²) in [4.78, 5) is 12.2. The fourth-order valence-corrected chi connectivity index (χ4v) is 2.20. The first-order valence-electron chi connectivity index (χ1n) is 6.37. The van der Waals surface area contributed by atoms with Crippen molar-refractivity contribution in [1.29, 1.82) is 0 Å². The van der Waals surface area contributed by atoms with Gasteiger partial charge in [0, 0.05) is 16.3 Å². The van der Waals surface area contributed by atoms with Gasteiger partial charge in [0.25, 0.3) is 5.76 Å². The number of hydrogen-bond donors (Lipinski definition) is 2. The fraction of sp³-hybridized carbons (Fsp3) is 0.133. The Bertz CT molecular complexity index is 635. The Balaban J connectivity index is 1.84. The van der Waals surface area contributed by atoms with Crippen molar-refractivity contribution >= 4 is 29.0 Å². The summed E-state index contributed by atoms with van der Waals surface area (Å²) in [6.45, 7) is -0.0308. The molecule has 0 bridgehead atoms.